The summed E-state index contributed by atoms with van der Waals surface area (Å²) >= 11 is 1.50. The van der Waals surface area contributed by atoms with Crippen LogP contribution in [0.4, 0.5) is 5.13 Å². The summed E-state index contributed by atoms with van der Waals surface area (Å²) in [4.78, 5) is 15.4. The van der Waals surface area contributed by atoms with Crippen LogP contribution in [0.1, 0.15) is 20.3 Å². The van der Waals surface area contributed by atoms with Gasteiger partial charge in [0.25, 0.3) is 0 Å². The first kappa shape index (κ1) is 14.5. The zero-order valence-corrected chi connectivity index (χ0v) is 12.4. The van der Waals surface area contributed by atoms with E-state index in [-0.39, 0.29) is 18.4 Å². The van der Waals surface area contributed by atoms with Gasteiger partial charge in [-0.05, 0) is 5.92 Å². The minimum absolute atomic E-state index is 0.0952. The quantitative estimate of drug-likeness (QED) is 0.851. The van der Waals surface area contributed by atoms with Crippen LogP contribution in [-0.2, 0) is 4.79 Å². The molecule has 0 saturated carbocycles. The molecule has 0 aliphatic carbocycles. The fourth-order valence-electron chi connectivity index (χ4n) is 1.88. The van der Waals surface area contributed by atoms with E-state index in [9.17, 15) is 4.79 Å². The van der Waals surface area contributed by atoms with Crippen LogP contribution >= 0.6 is 11.3 Å². The van der Waals surface area contributed by atoms with Crippen LogP contribution in [-0.4, -0.2) is 22.1 Å². The van der Waals surface area contributed by atoms with Crippen LogP contribution in [0.15, 0.2) is 35.7 Å². The summed E-state index contributed by atoms with van der Waals surface area (Å²) in [5, 5.41) is 14.9. The van der Waals surface area contributed by atoms with Gasteiger partial charge in [0.05, 0.1) is 12.1 Å². The summed E-state index contributed by atoms with van der Waals surface area (Å²) in [7, 11) is 0. The number of thiazole rings is 1. The first-order chi connectivity index (χ1) is 9.56. The van der Waals surface area contributed by atoms with Gasteiger partial charge < -0.3 is 10.4 Å². The minimum atomic E-state index is -0.795. The summed E-state index contributed by atoms with van der Waals surface area (Å²) in [5.74, 6) is -0.564. The van der Waals surface area contributed by atoms with E-state index < -0.39 is 5.97 Å². The lowest BCUT2D eigenvalue weighted by atomic mass is 10.0. The third-order valence-corrected chi connectivity index (χ3v) is 3.86. The predicted molar refractivity (Wildman–Crippen MR) is 82.1 cm³/mol. The molecule has 0 fully saturated rings. The number of rotatable bonds is 6. The topological polar surface area (TPSA) is 62.2 Å². The van der Waals surface area contributed by atoms with Gasteiger partial charge in [0.1, 0.15) is 0 Å². The van der Waals surface area contributed by atoms with Gasteiger partial charge in [-0.2, -0.15) is 0 Å². The number of aromatic nitrogens is 1. The Kier molecular flexibility index (Phi) is 4.74. The summed E-state index contributed by atoms with van der Waals surface area (Å²) < 4.78 is 0. The van der Waals surface area contributed by atoms with Crippen molar-refractivity contribution >= 4 is 22.4 Å². The number of carboxylic acid groups (broad SMARTS) is 1. The smallest absolute Gasteiger partial charge is 0.305 e. The fourth-order valence-corrected chi connectivity index (χ4v) is 2.66. The SMILES string of the molecule is CC(C)C(CC(=O)O)Nc1nc(-c2ccccc2)cs1. The second kappa shape index (κ2) is 6.52. The molecule has 106 valence electrons. The molecular formula is C15H18N2O2S. The van der Waals surface area contributed by atoms with E-state index in [0.29, 0.717) is 0 Å². The van der Waals surface area contributed by atoms with Gasteiger partial charge in [0.15, 0.2) is 5.13 Å². The van der Waals surface area contributed by atoms with E-state index in [1.54, 1.807) is 0 Å². The molecule has 1 heterocycles. The van der Waals surface area contributed by atoms with Gasteiger partial charge in [-0.1, -0.05) is 44.2 Å². The number of carbonyl (C=O) groups is 1. The van der Waals surface area contributed by atoms with Crippen molar-refractivity contribution < 1.29 is 9.90 Å². The highest BCUT2D eigenvalue weighted by atomic mass is 32.1. The van der Waals surface area contributed by atoms with Crippen molar-refractivity contribution in [1.82, 2.24) is 4.98 Å². The molecule has 2 N–H and O–H groups in total. The molecule has 2 aromatic rings. The molecule has 0 bridgehead atoms. The van der Waals surface area contributed by atoms with Crippen LogP contribution in [0, 0.1) is 5.92 Å². The number of nitrogens with one attached hydrogen (secondary N) is 1. The van der Waals surface area contributed by atoms with E-state index >= 15 is 0 Å². The average Bonchev–Trinajstić information content (AvgIpc) is 2.87. The summed E-state index contributed by atoms with van der Waals surface area (Å²) in [5.41, 5.74) is 1.98. The molecule has 0 saturated heterocycles. The van der Waals surface area contributed by atoms with Crippen molar-refractivity contribution in [1.29, 1.82) is 0 Å². The number of benzene rings is 1. The molecule has 0 aliphatic heterocycles. The van der Waals surface area contributed by atoms with Crippen molar-refractivity contribution in [3.63, 3.8) is 0 Å². The lowest BCUT2D eigenvalue weighted by Gasteiger charge is -2.19. The second-order valence-corrected chi connectivity index (χ2v) is 5.85. The largest absolute Gasteiger partial charge is 0.481 e. The normalized spacial score (nSPS) is 12.3. The number of nitrogens with zero attached hydrogens (tertiary/aromatic N) is 1. The standard InChI is InChI=1S/C15H18N2O2S/c1-10(2)12(8-14(18)19)16-15-17-13(9-20-15)11-6-4-3-5-7-11/h3-7,9-10,12H,8H2,1-2H3,(H,16,17)(H,18,19). The lowest BCUT2D eigenvalue weighted by molar-refractivity contribution is -0.137. The first-order valence-electron chi connectivity index (χ1n) is 6.55. The monoisotopic (exact) mass is 290 g/mol. The molecular weight excluding hydrogens is 272 g/mol. The molecule has 4 nitrogen and oxygen atoms in total. The Labute approximate surface area is 122 Å². The maximum atomic E-state index is 10.9. The van der Waals surface area contributed by atoms with Crippen LogP contribution < -0.4 is 5.32 Å². The van der Waals surface area contributed by atoms with Crippen molar-refractivity contribution in [2.75, 3.05) is 5.32 Å². The Bertz CT molecular complexity index is 566. The summed E-state index contributed by atoms with van der Waals surface area (Å²) in [6.45, 7) is 4.01. The van der Waals surface area contributed by atoms with E-state index in [4.69, 9.17) is 5.11 Å². The molecule has 0 amide bonds. The number of aliphatic carboxylic acids is 1. The van der Waals surface area contributed by atoms with E-state index in [1.165, 1.54) is 11.3 Å². The third kappa shape index (κ3) is 3.81. The Hall–Kier alpha value is -1.88. The first-order valence-corrected chi connectivity index (χ1v) is 7.43. The maximum absolute atomic E-state index is 10.9. The predicted octanol–water partition coefficient (Wildman–Crippen LogP) is 3.72. The molecule has 1 aromatic carbocycles. The third-order valence-electron chi connectivity index (χ3n) is 3.08. The highest BCUT2D eigenvalue weighted by molar-refractivity contribution is 7.14. The zero-order chi connectivity index (χ0) is 14.5. The number of anilines is 1. The molecule has 20 heavy (non-hydrogen) atoms. The average molecular weight is 290 g/mol. The van der Waals surface area contributed by atoms with Crippen LogP contribution in [0.2, 0.25) is 0 Å². The van der Waals surface area contributed by atoms with Gasteiger partial charge in [-0.3, -0.25) is 4.79 Å². The Morgan fingerprint density at radius 2 is 2.05 bits per heavy atom. The highest BCUT2D eigenvalue weighted by Gasteiger charge is 2.18. The lowest BCUT2D eigenvalue weighted by Crippen LogP contribution is -2.28. The number of carboxylic acids is 1. The van der Waals surface area contributed by atoms with E-state index in [2.05, 4.69) is 10.3 Å². The number of hydrogen-bond acceptors (Lipinski definition) is 4. The van der Waals surface area contributed by atoms with Crippen LogP contribution in [0.25, 0.3) is 11.3 Å². The van der Waals surface area contributed by atoms with Crippen molar-refractivity contribution in [3.8, 4) is 11.3 Å². The second-order valence-electron chi connectivity index (χ2n) is 5.00. The fraction of sp³-hybridized carbons (Fsp3) is 0.333. The molecule has 1 aromatic heterocycles. The van der Waals surface area contributed by atoms with Gasteiger partial charge in [-0.25, -0.2) is 4.98 Å². The minimum Gasteiger partial charge on any atom is -0.481 e. The molecule has 1 unspecified atom stereocenters. The Morgan fingerprint density at radius 1 is 1.35 bits per heavy atom. The molecule has 1 atom stereocenters. The van der Waals surface area contributed by atoms with Gasteiger partial charge in [0.2, 0.25) is 0 Å². The summed E-state index contributed by atoms with van der Waals surface area (Å²) in [6.07, 6.45) is 0.0952. The Morgan fingerprint density at radius 3 is 2.65 bits per heavy atom. The van der Waals surface area contributed by atoms with Gasteiger partial charge in [0, 0.05) is 17.0 Å². The molecule has 0 radical (unpaired) electrons. The molecule has 2 rings (SSSR count). The van der Waals surface area contributed by atoms with Crippen molar-refractivity contribution in [3.05, 3.63) is 35.7 Å². The molecule has 0 aliphatic rings. The van der Waals surface area contributed by atoms with Crippen LogP contribution in [0.3, 0.4) is 0 Å². The van der Waals surface area contributed by atoms with E-state index in [1.807, 2.05) is 49.6 Å². The molecule has 0 spiro atoms. The van der Waals surface area contributed by atoms with E-state index in [0.717, 1.165) is 16.4 Å². The van der Waals surface area contributed by atoms with Crippen molar-refractivity contribution in [2.24, 2.45) is 5.92 Å². The summed E-state index contributed by atoms with van der Waals surface area (Å²) in [6, 6.07) is 9.83. The maximum Gasteiger partial charge on any atom is 0.305 e. The Balaban J connectivity index is 2.10. The highest BCUT2D eigenvalue weighted by Crippen LogP contribution is 2.26. The van der Waals surface area contributed by atoms with Gasteiger partial charge >= 0.3 is 5.97 Å². The van der Waals surface area contributed by atoms with Crippen LogP contribution in [0.5, 0.6) is 0 Å². The number of hydrogen-bond donors (Lipinski definition) is 2. The zero-order valence-electron chi connectivity index (χ0n) is 11.5. The molecule has 5 heteroatoms. The van der Waals surface area contributed by atoms with Gasteiger partial charge in [-0.15, -0.1) is 11.3 Å². The van der Waals surface area contributed by atoms with Crippen molar-refractivity contribution in [2.45, 2.75) is 26.3 Å².